The van der Waals surface area contributed by atoms with Crippen molar-refractivity contribution in [2.45, 2.75) is 52.0 Å². The zero-order valence-electron chi connectivity index (χ0n) is 10.3. The SMILES string of the molecule is CCC1CCC(C(N)c2cnc(C)s2)CC1. The van der Waals surface area contributed by atoms with E-state index in [2.05, 4.69) is 18.8 Å². The highest BCUT2D eigenvalue weighted by atomic mass is 32.1. The van der Waals surface area contributed by atoms with Gasteiger partial charge in [0.15, 0.2) is 0 Å². The summed E-state index contributed by atoms with van der Waals surface area (Å²) in [6, 6.07) is 0.226. The lowest BCUT2D eigenvalue weighted by molar-refractivity contribution is 0.241. The van der Waals surface area contributed by atoms with Crippen molar-refractivity contribution in [2.24, 2.45) is 17.6 Å². The molecule has 0 aromatic carbocycles. The van der Waals surface area contributed by atoms with E-state index in [9.17, 15) is 0 Å². The van der Waals surface area contributed by atoms with Gasteiger partial charge in [-0.2, -0.15) is 0 Å². The van der Waals surface area contributed by atoms with Crippen molar-refractivity contribution in [3.05, 3.63) is 16.1 Å². The van der Waals surface area contributed by atoms with E-state index in [-0.39, 0.29) is 6.04 Å². The Hall–Kier alpha value is -0.410. The fourth-order valence-electron chi connectivity index (χ4n) is 2.72. The molecule has 2 nitrogen and oxygen atoms in total. The number of nitrogens with two attached hydrogens (primary N) is 1. The number of rotatable bonds is 3. The van der Waals surface area contributed by atoms with Crippen LogP contribution >= 0.6 is 11.3 Å². The van der Waals surface area contributed by atoms with Crippen LogP contribution in [-0.4, -0.2) is 4.98 Å². The highest BCUT2D eigenvalue weighted by molar-refractivity contribution is 7.11. The molecule has 1 heterocycles. The first-order valence-electron chi connectivity index (χ1n) is 6.38. The van der Waals surface area contributed by atoms with E-state index in [1.165, 1.54) is 37.0 Å². The maximum absolute atomic E-state index is 6.34. The molecule has 1 unspecified atom stereocenters. The van der Waals surface area contributed by atoms with Crippen LogP contribution in [0.15, 0.2) is 6.20 Å². The van der Waals surface area contributed by atoms with Crippen molar-refractivity contribution in [3.63, 3.8) is 0 Å². The molecule has 0 radical (unpaired) electrons. The van der Waals surface area contributed by atoms with Crippen LogP contribution in [0.25, 0.3) is 0 Å². The third-order valence-electron chi connectivity index (χ3n) is 3.94. The molecule has 90 valence electrons. The Morgan fingerprint density at radius 2 is 2.12 bits per heavy atom. The lowest BCUT2D eigenvalue weighted by Gasteiger charge is -2.31. The topological polar surface area (TPSA) is 38.9 Å². The van der Waals surface area contributed by atoms with Gasteiger partial charge in [0.2, 0.25) is 0 Å². The Balaban J connectivity index is 1.93. The summed E-state index contributed by atoms with van der Waals surface area (Å²) >= 11 is 1.76. The minimum Gasteiger partial charge on any atom is -0.323 e. The normalized spacial score (nSPS) is 27.9. The number of hydrogen-bond donors (Lipinski definition) is 1. The molecule has 0 spiro atoms. The Morgan fingerprint density at radius 3 is 2.62 bits per heavy atom. The van der Waals surface area contributed by atoms with Crippen molar-refractivity contribution in [3.8, 4) is 0 Å². The second kappa shape index (κ2) is 5.28. The smallest absolute Gasteiger partial charge is 0.0897 e. The highest BCUT2D eigenvalue weighted by Crippen LogP contribution is 2.37. The molecule has 0 amide bonds. The minimum atomic E-state index is 0.226. The number of hydrogen-bond acceptors (Lipinski definition) is 3. The van der Waals surface area contributed by atoms with E-state index >= 15 is 0 Å². The zero-order valence-corrected chi connectivity index (χ0v) is 11.1. The van der Waals surface area contributed by atoms with Crippen molar-refractivity contribution in [2.75, 3.05) is 0 Å². The summed E-state index contributed by atoms with van der Waals surface area (Å²) in [6.07, 6.45) is 8.64. The number of aromatic nitrogens is 1. The van der Waals surface area contributed by atoms with Crippen LogP contribution in [0.3, 0.4) is 0 Å². The number of thiazole rings is 1. The highest BCUT2D eigenvalue weighted by Gasteiger charge is 2.26. The van der Waals surface area contributed by atoms with Crippen molar-refractivity contribution < 1.29 is 0 Å². The van der Waals surface area contributed by atoms with Gasteiger partial charge in [-0.25, -0.2) is 4.98 Å². The molecule has 2 N–H and O–H groups in total. The van der Waals surface area contributed by atoms with Gasteiger partial charge in [-0.1, -0.05) is 26.2 Å². The summed E-state index contributed by atoms with van der Waals surface area (Å²) in [5, 5.41) is 1.13. The average Bonchev–Trinajstić information content (AvgIpc) is 2.75. The largest absolute Gasteiger partial charge is 0.323 e. The summed E-state index contributed by atoms with van der Waals surface area (Å²) < 4.78 is 0. The van der Waals surface area contributed by atoms with E-state index in [4.69, 9.17) is 5.73 Å². The van der Waals surface area contributed by atoms with Crippen molar-refractivity contribution in [1.29, 1.82) is 0 Å². The molecule has 1 aromatic heterocycles. The van der Waals surface area contributed by atoms with Crippen LogP contribution < -0.4 is 5.73 Å². The monoisotopic (exact) mass is 238 g/mol. The Labute approximate surface area is 102 Å². The van der Waals surface area contributed by atoms with Crippen molar-refractivity contribution in [1.82, 2.24) is 4.98 Å². The third-order valence-corrected chi connectivity index (χ3v) is 4.96. The van der Waals surface area contributed by atoms with Gasteiger partial charge >= 0.3 is 0 Å². The molecule has 1 aromatic rings. The van der Waals surface area contributed by atoms with E-state index in [1.807, 2.05) is 6.20 Å². The molecule has 3 heteroatoms. The predicted octanol–water partition coefficient (Wildman–Crippen LogP) is 3.67. The lowest BCUT2D eigenvalue weighted by atomic mass is 9.77. The second-order valence-electron chi connectivity index (χ2n) is 5.00. The van der Waals surface area contributed by atoms with Gasteiger partial charge in [-0.05, 0) is 31.6 Å². The summed E-state index contributed by atoms with van der Waals surface area (Å²) in [5.41, 5.74) is 6.34. The Kier molecular flexibility index (Phi) is 3.98. The molecule has 16 heavy (non-hydrogen) atoms. The zero-order chi connectivity index (χ0) is 11.5. The molecule has 0 saturated heterocycles. The fraction of sp³-hybridized carbons (Fsp3) is 0.769. The van der Waals surface area contributed by atoms with Gasteiger partial charge in [-0.15, -0.1) is 11.3 Å². The Morgan fingerprint density at radius 1 is 1.44 bits per heavy atom. The average molecular weight is 238 g/mol. The van der Waals surface area contributed by atoms with E-state index in [0.29, 0.717) is 5.92 Å². The van der Waals surface area contributed by atoms with Crippen LogP contribution in [0.4, 0.5) is 0 Å². The molecular weight excluding hydrogens is 216 g/mol. The molecule has 0 aliphatic heterocycles. The summed E-state index contributed by atoms with van der Waals surface area (Å²) in [4.78, 5) is 5.58. The van der Waals surface area contributed by atoms with Crippen LogP contribution in [0.1, 0.15) is 55.0 Å². The molecule has 1 atom stereocenters. The minimum absolute atomic E-state index is 0.226. The maximum Gasteiger partial charge on any atom is 0.0897 e. The van der Waals surface area contributed by atoms with E-state index in [0.717, 1.165) is 10.9 Å². The molecule has 1 fully saturated rings. The van der Waals surface area contributed by atoms with Gasteiger partial charge in [0.25, 0.3) is 0 Å². The summed E-state index contributed by atoms with van der Waals surface area (Å²) in [5.74, 6) is 1.63. The van der Waals surface area contributed by atoms with Crippen LogP contribution in [0, 0.1) is 18.8 Å². The quantitative estimate of drug-likeness (QED) is 0.872. The Bertz CT molecular complexity index is 326. The first kappa shape index (κ1) is 12.1. The van der Waals surface area contributed by atoms with Crippen molar-refractivity contribution >= 4 is 11.3 Å². The molecule has 0 bridgehead atoms. The van der Waals surface area contributed by atoms with Gasteiger partial charge in [0, 0.05) is 17.1 Å². The standard InChI is InChI=1S/C13H22N2S/c1-3-10-4-6-11(7-5-10)13(14)12-8-15-9(2)16-12/h8,10-11,13H,3-7,14H2,1-2H3. The van der Waals surface area contributed by atoms with Gasteiger partial charge < -0.3 is 5.73 Å². The van der Waals surface area contributed by atoms with Gasteiger partial charge in [0.1, 0.15) is 0 Å². The van der Waals surface area contributed by atoms with Gasteiger partial charge in [0.05, 0.1) is 5.01 Å². The maximum atomic E-state index is 6.34. The number of nitrogens with zero attached hydrogens (tertiary/aromatic N) is 1. The summed E-state index contributed by atoms with van der Waals surface area (Å²) in [7, 11) is 0. The first-order valence-corrected chi connectivity index (χ1v) is 7.20. The fourth-order valence-corrected chi connectivity index (χ4v) is 3.60. The van der Waals surface area contributed by atoms with E-state index < -0.39 is 0 Å². The van der Waals surface area contributed by atoms with Crippen LogP contribution in [0.2, 0.25) is 0 Å². The predicted molar refractivity (Wildman–Crippen MR) is 69.5 cm³/mol. The molecular formula is C13H22N2S. The summed E-state index contributed by atoms with van der Waals surface area (Å²) in [6.45, 7) is 4.35. The third kappa shape index (κ3) is 2.64. The molecule has 1 aliphatic carbocycles. The van der Waals surface area contributed by atoms with Gasteiger partial charge in [-0.3, -0.25) is 0 Å². The molecule has 1 saturated carbocycles. The number of aryl methyl sites for hydroxylation is 1. The second-order valence-corrected chi connectivity index (χ2v) is 6.26. The first-order chi connectivity index (χ1) is 7.70. The molecule has 2 rings (SSSR count). The van der Waals surface area contributed by atoms with Crippen LogP contribution in [0.5, 0.6) is 0 Å². The molecule has 1 aliphatic rings. The lowest BCUT2D eigenvalue weighted by Crippen LogP contribution is -2.25. The van der Waals surface area contributed by atoms with E-state index in [1.54, 1.807) is 11.3 Å². The van der Waals surface area contributed by atoms with Crippen LogP contribution in [-0.2, 0) is 0 Å².